The number of aromatic nitrogens is 2. The number of sulfonamides is 1. The van der Waals surface area contributed by atoms with Crippen molar-refractivity contribution in [2.24, 2.45) is 0 Å². The molecule has 2 N–H and O–H groups in total. The Morgan fingerprint density at radius 1 is 1.39 bits per heavy atom. The monoisotopic (exact) mass is 275 g/mol. The highest BCUT2D eigenvalue weighted by molar-refractivity contribution is 7.89. The standard InChI is InChI=1S/C11H21N3O3S/c1-8(2)17-7-5-6-12-18(15,16)11-9(3)13-14-10(11)4/h8,12H,5-7H2,1-4H3,(H,13,14). The van der Waals surface area contributed by atoms with Gasteiger partial charge >= 0.3 is 0 Å². The number of H-pyrrole nitrogens is 1. The fourth-order valence-corrected chi connectivity index (χ4v) is 3.05. The maximum Gasteiger partial charge on any atom is 0.244 e. The van der Waals surface area contributed by atoms with Crippen LogP contribution in [0.25, 0.3) is 0 Å². The van der Waals surface area contributed by atoms with E-state index in [0.29, 0.717) is 31.0 Å². The van der Waals surface area contributed by atoms with Crippen LogP contribution >= 0.6 is 0 Å². The first-order valence-corrected chi connectivity index (χ1v) is 7.45. The van der Waals surface area contributed by atoms with Crippen molar-refractivity contribution in [3.05, 3.63) is 11.4 Å². The molecule has 0 aliphatic carbocycles. The first-order valence-electron chi connectivity index (χ1n) is 5.97. The summed E-state index contributed by atoms with van der Waals surface area (Å²) in [6, 6.07) is 0. The van der Waals surface area contributed by atoms with Gasteiger partial charge in [0.25, 0.3) is 0 Å². The number of hydrogen-bond donors (Lipinski definition) is 2. The first-order chi connectivity index (χ1) is 8.34. The van der Waals surface area contributed by atoms with Crippen molar-refractivity contribution in [1.29, 1.82) is 0 Å². The highest BCUT2D eigenvalue weighted by atomic mass is 32.2. The molecule has 0 aromatic carbocycles. The maximum atomic E-state index is 12.0. The van der Waals surface area contributed by atoms with Crippen LogP contribution in [0.15, 0.2) is 4.90 Å². The van der Waals surface area contributed by atoms with E-state index in [2.05, 4.69) is 14.9 Å². The number of aryl methyl sites for hydroxylation is 2. The molecular weight excluding hydrogens is 254 g/mol. The van der Waals surface area contributed by atoms with E-state index in [-0.39, 0.29) is 11.0 Å². The largest absolute Gasteiger partial charge is 0.379 e. The van der Waals surface area contributed by atoms with Gasteiger partial charge in [-0.25, -0.2) is 13.1 Å². The van der Waals surface area contributed by atoms with Crippen molar-refractivity contribution in [2.45, 2.75) is 45.1 Å². The Morgan fingerprint density at radius 2 is 2.06 bits per heavy atom. The minimum atomic E-state index is -3.48. The van der Waals surface area contributed by atoms with Gasteiger partial charge in [-0.2, -0.15) is 5.10 Å². The van der Waals surface area contributed by atoms with Crippen LogP contribution in [-0.2, 0) is 14.8 Å². The average Bonchev–Trinajstić information content (AvgIpc) is 2.57. The molecule has 0 bridgehead atoms. The van der Waals surface area contributed by atoms with Gasteiger partial charge in [0.1, 0.15) is 4.90 Å². The van der Waals surface area contributed by atoms with Crippen LogP contribution in [0.3, 0.4) is 0 Å². The summed E-state index contributed by atoms with van der Waals surface area (Å²) in [4.78, 5) is 0.243. The number of rotatable bonds is 7. The molecule has 0 aliphatic rings. The Labute approximate surface area is 108 Å². The van der Waals surface area contributed by atoms with E-state index in [0.717, 1.165) is 0 Å². The summed E-state index contributed by atoms with van der Waals surface area (Å²) in [7, 11) is -3.48. The van der Waals surface area contributed by atoms with E-state index in [9.17, 15) is 8.42 Å². The third kappa shape index (κ3) is 4.08. The molecule has 0 atom stereocenters. The van der Waals surface area contributed by atoms with Crippen LogP contribution in [0, 0.1) is 13.8 Å². The Bertz CT molecular complexity index is 460. The van der Waals surface area contributed by atoms with E-state index in [1.54, 1.807) is 13.8 Å². The molecule has 1 heterocycles. The molecule has 1 aromatic heterocycles. The summed E-state index contributed by atoms with van der Waals surface area (Å²) in [5.41, 5.74) is 1.04. The summed E-state index contributed by atoms with van der Waals surface area (Å²) in [6.45, 7) is 8.16. The smallest absolute Gasteiger partial charge is 0.244 e. The van der Waals surface area contributed by atoms with Gasteiger partial charge in [-0.15, -0.1) is 0 Å². The molecule has 1 rings (SSSR count). The zero-order valence-electron chi connectivity index (χ0n) is 11.3. The van der Waals surface area contributed by atoms with Crippen molar-refractivity contribution >= 4 is 10.0 Å². The highest BCUT2D eigenvalue weighted by Crippen LogP contribution is 2.15. The Morgan fingerprint density at radius 3 is 2.56 bits per heavy atom. The van der Waals surface area contributed by atoms with E-state index in [1.807, 2.05) is 13.8 Å². The fraction of sp³-hybridized carbons (Fsp3) is 0.727. The highest BCUT2D eigenvalue weighted by Gasteiger charge is 2.21. The zero-order chi connectivity index (χ0) is 13.8. The van der Waals surface area contributed by atoms with E-state index < -0.39 is 10.0 Å². The molecule has 0 fully saturated rings. The third-order valence-corrected chi connectivity index (χ3v) is 4.12. The average molecular weight is 275 g/mol. The van der Waals surface area contributed by atoms with Gasteiger partial charge < -0.3 is 4.74 Å². The number of hydrogen-bond acceptors (Lipinski definition) is 4. The summed E-state index contributed by atoms with van der Waals surface area (Å²) in [6.07, 6.45) is 0.813. The number of nitrogens with zero attached hydrogens (tertiary/aromatic N) is 1. The van der Waals surface area contributed by atoms with Crippen molar-refractivity contribution in [1.82, 2.24) is 14.9 Å². The van der Waals surface area contributed by atoms with Crippen molar-refractivity contribution in [2.75, 3.05) is 13.2 Å². The lowest BCUT2D eigenvalue weighted by molar-refractivity contribution is 0.0778. The second kappa shape index (κ2) is 6.31. The molecule has 0 saturated carbocycles. The normalized spacial score (nSPS) is 12.3. The molecule has 6 nitrogen and oxygen atoms in total. The van der Waals surface area contributed by atoms with Crippen molar-refractivity contribution < 1.29 is 13.2 Å². The van der Waals surface area contributed by atoms with Crippen LogP contribution in [0.2, 0.25) is 0 Å². The summed E-state index contributed by atoms with van der Waals surface area (Å²) >= 11 is 0. The SMILES string of the molecule is Cc1n[nH]c(C)c1S(=O)(=O)NCCCOC(C)C. The molecular formula is C11H21N3O3S. The Balaban J connectivity index is 2.51. The molecule has 0 saturated heterocycles. The number of aromatic amines is 1. The van der Waals surface area contributed by atoms with Crippen molar-refractivity contribution in [3.8, 4) is 0 Å². The predicted molar refractivity (Wildman–Crippen MR) is 69.0 cm³/mol. The summed E-state index contributed by atoms with van der Waals surface area (Å²) in [5.74, 6) is 0. The minimum Gasteiger partial charge on any atom is -0.379 e. The van der Waals surface area contributed by atoms with Gasteiger partial charge in [-0.1, -0.05) is 0 Å². The quantitative estimate of drug-likeness (QED) is 0.730. The van der Waals surface area contributed by atoms with Crippen LogP contribution < -0.4 is 4.72 Å². The number of nitrogens with one attached hydrogen (secondary N) is 2. The summed E-state index contributed by atoms with van der Waals surface area (Å²) in [5, 5.41) is 6.55. The van der Waals surface area contributed by atoms with Gasteiger partial charge in [0.2, 0.25) is 10.0 Å². The lowest BCUT2D eigenvalue weighted by Crippen LogP contribution is -2.26. The van der Waals surface area contributed by atoms with E-state index in [4.69, 9.17) is 4.74 Å². The molecule has 18 heavy (non-hydrogen) atoms. The lowest BCUT2D eigenvalue weighted by atomic mass is 10.4. The van der Waals surface area contributed by atoms with Gasteiger partial charge in [0, 0.05) is 13.2 Å². The molecule has 0 radical (unpaired) electrons. The zero-order valence-corrected chi connectivity index (χ0v) is 12.1. The first kappa shape index (κ1) is 15.1. The van der Waals surface area contributed by atoms with E-state index >= 15 is 0 Å². The lowest BCUT2D eigenvalue weighted by Gasteiger charge is -2.09. The molecule has 7 heteroatoms. The Hall–Kier alpha value is -0.920. The second-order valence-electron chi connectivity index (χ2n) is 4.43. The van der Waals surface area contributed by atoms with Gasteiger partial charge in [-0.05, 0) is 34.1 Å². The summed E-state index contributed by atoms with van der Waals surface area (Å²) < 4.78 is 31.9. The minimum absolute atomic E-state index is 0.167. The van der Waals surface area contributed by atoms with Crippen LogP contribution in [0.5, 0.6) is 0 Å². The van der Waals surface area contributed by atoms with Gasteiger partial charge in [0.05, 0.1) is 17.5 Å². The molecule has 0 amide bonds. The van der Waals surface area contributed by atoms with Gasteiger partial charge in [0.15, 0.2) is 0 Å². The fourth-order valence-electron chi connectivity index (χ4n) is 1.61. The third-order valence-electron chi connectivity index (χ3n) is 2.39. The van der Waals surface area contributed by atoms with Crippen LogP contribution in [0.1, 0.15) is 31.7 Å². The predicted octanol–water partition coefficient (Wildman–Crippen LogP) is 1.12. The number of ether oxygens (including phenoxy) is 1. The van der Waals surface area contributed by atoms with Gasteiger partial charge in [-0.3, -0.25) is 5.10 Å². The molecule has 0 spiro atoms. The van der Waals surface area contributed by atoms with E-state index in [1.165, 1.54) is 0 Å². The second-order valence-corrected chi connectivity index (χ2v) is 6.14. The molecule has 1 aromatic rings. The molecule has 0 aliphatic heterocycles. The van der Waals surface area contributed by atoms with Crippen LogP contribution in [-0.4, -0.2) is 37.9 Å². The van der Waals surface area contributed by atoms with Crippen molar-refractivity contribution in [3.63, 3.8) is 0 Å². The molecule has 0 unspecified atom stereocenters. The van der Waals surface area contributed by atoms with Crippen LogP contribution in [0.4, 0.5) is 0 Å². The maximum absolute atomic E-state index is 12.0. The topological polar surface area (TPSA) is 84.1 Å². The molecule has 104 valence electrons. The Kier molecular flexibility index (Phi) is 5.30.